The Balaban J connectivity index is 2.28. The molecular formula is C14H12N2O5. The van der Waals surface area contributed by atoms with Crippen LogP contribution in [-0.4, -0.2) is 35.9 Å². The van der Waals surface area contributed by atoms with Crippen molar-refractivity contribution in [2.24, 2.45) is 0 Å². The summed E-state index contributed by atoms with van der Waals surface area (Å²) in [5, 5.41) is 17.4. The van der Waals surface area contributed by atoms with Gasteiger partial charge in [-0.1, -0.05) is 0 Å². The zero-order valence-electron chi connectivity index (χ0n) is 11.0. The van der Waals surface area contributed by atoms with E-state index in [2.05, 4.69) is 0 Å². The zero-order chi connectivity index (χ0) is 15.4. The quantitative estimate of drug-likeness (QED) is 0.639. The Bertz CT molecular complexity index is 647. The lowest BCUT2D eigenvalue weighted by Gasteiger charge is -2.27. The largest absolute Gasteiger partial charge is 0.482 e. The molecule has 0 fully saturated rings. The van der Waals surface area contributed by atoms with E-state index in [0.29, 0.717) is 11.4 Å². The summed E-state index contributed by atoms with van der Waals surface area (Å²) in [5.74, 6) is -1.33. The Kier molecular flexibility index (Phi) is 4.18. The minimum atomic E-state index is -1.05. The number of ketones is 1. The summed E-state index contributed by atoms with van der Waals surface area (Å²) in [6.07, 6.45) is -0.381. The van der Waals surface area contributed by atoms with E-state index in [1.54, 1.807) is 6.07 Å². The first-order valence-electron chi connectivity index (χ1n) is 6.22. The van der Waals surface area contributed by atoms with Crippen LogP contribution in [0.1, 0.15) is 23.2 Å². The minimum Gasteiger partial charge on any atom is -0.482 e. The molecule has 7 heteroatoms. The molecule has 1 heterocycles. The van der Waals surface area contributed by atoms with E-state index in [0.717, 1.165) is 0 Å². The summed E-state index contributed by atoms with van der Waals surface area (Å²) in [5.41, 5.74) is 0.644. The molecule has 1 aromatic rings. The Labute approximate surface area is 120 Å². The monoisotopic (exact) mass is 288 g/mol. The van der Waals surface area contributed by atoms with Crippen LogP contribution in [0.5, 0.6) is 5.75 Å². The van der Waals surface area contributed by atoms with Crippen LogP contribution in [0.4, 0.5) is 5.69 Å². The molecule has 0 saturated carbocycles. The van der Waals surface area contributed by atoms with E-state index in [9.17, 15) is 14.4 Å². The van der Waals surface area contributed by atoms with Crippen LogP contribution in [-0.2, 0) is 9.59 Å². The zero-order valence-corrected chi connectivity index (χ0v) is 11.0. The average molecular weight is 288 g/mol. The van der Waals surface area contributed by atoms with Crippen molar-refractivity contribution in [1.82, 2.24) is 0 Å². The first-order valence-corrected chi connectivity index (χ1v) is 6.22. The number of rotatable bonds is 5. The number of nitrogens with zero attached hydrogens (tertiary/aromatic N) is 2. The van der Waals surface area contributed by atoms with Gasteiger partial charge in [-0.15, -0.1) is 0 Å². The van der Waals surface area contributed by atoms with Gasteiger partial charge < -0.3 is 9.84 Å². The Morgan fingerprint density at radius 1 is 1.38 bits per heavy atom. The van der Waals surface area contributed by atoms with Crippen LogP contribution in [0, 0.1) is 11.3 Å². The fraction of sp³-hybridized carbons (Fsp3) is 0.286. The number of carboxylic acids is 1. The molecular weight excluding hydrogens is 276 g/mol. The number of Topliss-reactive ketones (excluding diaryl/α,β-unsaturated/α-hetero) is 1. The number of carboxylic acid groups (broad SMARTS) is 1. The number of nitriles is 1. The topological polar surface area (TPSA) is 108 Å². The molecule has 1 aromatic carbocycles. The first kappa shape index (κ1) is 14.5. The standard InChI is InChI=1S/C14H12N2O5/c15-5-6-16-10-7-9(11(17)2-4-14(19)20)1-3-12(10)21-8-13(16)18/h1,3,7H,2,4,6,8H2,(H,19,20). The lowest BCUT2D eigenvalue weighted by Crippen LogP contribution is -2.39. The molecule has 108 valence electrons. The third-order valence-electron chi connectivity index (χ3n) is 3.02. The molecule has 0 radical (unpaired) electrons. The third-order valence-corrected chi connectivity index (χ3v) is 3.02. The second kappa shape index (κ2) is 6.05. The average Bonchev–Trinajstić information content (AvgIpc) is 2.47. The van der Waals surface area contributed by atoms with Crippen molar-refractivity contribution in [2.75, 3.05) is 18.1 Å². The van der Waals surface area contributed by atoms with Gasteiger partial charge in [0.25, 0.3) is 5.91 Å². The van der Waals surface area contributed by atoms with Gasteiger partial charge in [-0.3, -0.25) is 19.3 Å². The molecule has 0 saturated heterocycles. The van der Waals surface area contributed by atoms with E-state index in [1.807, 2.05) is 6.07 Å². The fourth-order valence-electron chi connectivity index (χ4n) is 1.98. The van der Waals surface area contributed by atoms with Crippen molar-refractivity contribution in [3.05, 3.63) is 23.8 Å². The van der Waals surface area contributed by atoms with Gasteiger partial charge in [0.05, 0.1) is 18.2 Å². The van der Waals surface area contributed by atoms with E-state index < -0.39 is 5.97 Å². The second-order valence-corrected chi connectivity index (χ2v) is 4.43. The number of aliphatic carboxylic acids is 1. The smallest absolute Gasteiger partial charge is 0.303 e. The van der Waals surface area contributed by atoms with Crippen molar-refractivity contribution in [3.63, 3.8) is 0 Å². The van der Waals surface area contributed by atoms with Crippen molar-refractivity contribution < 1.29 is 24.2 Å². The number of hydrogen-bond acceptors (Lipinski definition) is 5. The number of fused-ring (bicyclic) bond motifs is 1. The number of amides is 1. The lowest BCUT2D eigenvalue weighted by atomic mass is 10.0. The van der Waals surface area contributed by atoms with Gasteiger partial charge >= 0.3 is 5.97 Å². The molecule has 0 aromatic heterocycles. The van der Waals surface area contributed by atoms with E-state index in [-0.39, 0.29) is 43.2 Å². The highest BCUT2D eigenvalue weighted by Crippen LogP contribution is 2.33. The van der Waals surface area contributed by atoms with Crippen molar-refractivity contribution in [1.29, 1.82) is 5.26 Å². The molecule has 2 rings (SSSR count). The number of hydrogen-bond donors (Lipinski definition) is 1. The number of ether oxygens (including phenoxy) is 1. The first-order chi connectivity index (χ1) is 10.0. The van der Waals surface area contributed by atoms with Gasteiger partial charge in [0.2, 0.25) is 0 Å². The Morgan fingerprint density at radius 3 is 2.81 bits per heavy atom. The van der Waals surface area contributed by atoms with E-state index in [4.69, 9.17) is 15.1 Å². The fourth-order valence-corrected chi connectivity index (χ4v) is 1.98. The molecule has 0 bridgehead atoms. The molecule has 1 aliphatic heterocycles. The highest BCUT2D eigenvalue weighted by Gasteiger charge is 2.26. The number of benzene rings is 1. The van der Waals surface area contributed by atoms with Gasteiger partial charge in [-0.05, 0) is 18.2 Å². The van der Waals surface area contributed by atoms with Crippen molar-refractivity contribution in [3.8, 4) is 11.8 Å². The maximum atomic E-state index is 11.9. The minimum absolute atomic E-state index is 0.124. The van der Waals surface area contributed by atoms with Gasteiger partial charge in [-0.2, -0.15) is 5.26 Å². The van der Waals surface area contributed by atoms with Crippen LogP contribution in [0.25, 0.3) is 0 Å². The highest BCUT2D eigenvalue weighted by atomic mass is 16.5. The molecule has 0 atom stereocenters. The van der Waals surface area contributed by atoms with Crippen molar-refractivity contribution in [2.45, 2.75) is 12.8 Å². The highest BCUT2D eigenvalue weighted by molar-refractivity contribution is 6.02. The van der Waals surface area contributed by atoms with Gasteiger partial charge in [0.1, 0.15) is 12.3 Å². The summed E-state index contributed by atoms with van der Waals surface area (Å²) in [6.45, 7) is -0.289. The van der Waals surface area contributed by atoms with Crippen LogP contribution in [0.2, 0.25) is 0 Å². The van der Waals surface area contributed by atoms with Gasteiger partial charge in [0, 0.05) is 12.0 Å². The second-order valence-electron chi connectivity index (χ2n) is 4.43. The summed E-state index contributed by atoms with van der Waals surface area (Å²) in [7, 11) is 0. The van der Waals surface area contributed by atoms with Gasteiger partial charge in [-0.25, -0.2) is 0 Å². The number of carbonyl (C=O) groups excluding carboxylic acids is 2. The van der Waals surface area contributed by atoms with Crippen molar-refractivity contribution >= 4 is 23.3 Å². The molecule has 1 amide bonds. The predicted molar refractivity (Wildman–Crippen MR) is 71.1 cm³/mol. The lowest BCUT2D eigenvalue weighted by molar-refractivity contribution is -0.137. The maximum absolute atomic E-state index is 11.9. The molecule has 0 spiro atoms. The SMILES string of the molecule is N#CCN1C(=O)COc2ccc(C(=O)CCC(=O)O)cc21. The summed E-state index contributed by atoms with van der Waals surface area (Å²) in [4.78, 5) is 35.4. The molecule has 1 aliphatic rings. The van der Waals surface area contributed by atoms with E-state index >= 15 is 0 Å². The Morgan fingerprint density at radius 2 is 2.14 bits per heavy atom. The molecule has 0 unspecified atom stereocenters. The van der Waals surface area contributed by atoms with Gasteiger partial charge in [0.15, 0.2) is 12.4 Å². The maximum Gasteiger partial charge on any atom is 0.303 e. The van der Waals surface area contributed by atoms with Crippen LogP contribution in [0.3, 0.4) is 0 Å². The molecule has 1 N–H and O–H groups in total. The van der Waals surface area contributed by atoms with Crippen LogP contribution >= 0.6 is 0 Å². The summed E-state index contributed by atoms with van der Waals surface area (Å²) in [6, 6.07) is 6.40. The summed E-state index contributed by atoms with van der Waals surface area (Å²) >= 11 is 0. The van der Waals surface area contributed by atoms with Crippen LogP contribution in [0.15, 0.2) is 18.2 Å². The van der Waals surface area contributed by atoms with Crippen LogP contribution < -0.4 is 9.64 Å². The molecule has 7 nitrogen and oxygen atoms in total. The van der Waals surface area contributed by atoms with E-state index in [1.165, 1.54) is 17.0 Å². The molecule has 0 aliphatic carbocycles. The number of anilines is 1. The third kappa shape index (κ3) is 3.17. The number of carbonyl (C=O) groups is 3. The molecule has 21 heavy (non-hydrogen) atoms. The Hall–Kier alpha value is -2.88. The predicted octanol–water partition coefficient (Wildman–Crippen LogP) is 0.983. The normalized spacial score (nSPS) is 13.1. The summed E-state index contributed by atoms with van der Waals surface area (Å²) < 4.78 is 5.24.